The first-order valence-electron chi connectivity index (χ1n) is 11.4. The fraction of sp³-hybridized carbons (Fsp3) is 0.682. The van der Waals surface area contributed by atoms with Gasteiger partial charge in [-0.15, -0.1) is 0 Å². The van der Waals surface area contributed by atoms with Gasteiger partial charge < -0.3 is 14.6 Å². The second-order valence-corrected chi connectivity index (χ2v) is 14.6. The van der Waals surface area contributed by atoms with Gasteiger partial charge in [0.1, 0.15) is 11.4 Å². The third-order valence-electron chi connectivity index (χ3n) is 3.82. The summed E-state index contributed by atoms with van der Waals surface area (Å²) in [6.07, 6.45) is 1.61. The fourth-order valence-electron chi connectivity index (χ4n) is 2.41. The van der Waals surface area contributed by atoms with Gasteiger partial charge in [0.05, 0.1) is 11.5 Å². The van der Waals surface area contributed by atoms with Crippen LogP contribution in [0.15, 0.2) is 24.3 Å². The molecule has 13 heteroatoms. The molecule has 0 heterocycles. The quantitative estimate of drug-likeness (QED) is 0.0812. The molecular weight excluding hydrogens is 513 g/mol. The Bertz CT molecular complexity index is 843. The minimum absolute atomic E-state index is 0.0864. The lowest BCUT2D eigenvalue weighted by Gasteiger charge is -2.21. The van der Waals surface area contributed by atoms with Crippen molar-refractivity contribution < 1.29 is 28.1 Å². The van der Waals surface area contributed by atoms with E-state index in [2.05, 4.69) is 31.2 Å². The second kappa shape index (κ2) is 14.9. The van der Waals surface area contributed by atoms with Crippen LogP contribution in [0.3, 0.4) is 0 Å². The Morgan fingerprint density at radius 1 is 1.06 bits per heavy atom. The first-order chi connectivity index (χ1) is 16.2. The summed E-state index contributed by atoms with van der Waals surface area (Å²) in [6.45, 7) is 12.8. The molecule has 1 aromatic rings. The summed E-state index contributed by atoms with van der Waals surface area (Å²) >= 11 is 0. The van der Waals surface area contributed by atoms with E-state index in [9.17, 15) is 19.5 Å². The lowest BCUT2D eigenvalue weighted by molar-refractivity contribution is -0.384. The van der Waals surface area contributed by atoms with Crippen LogP contribution in [0, 0.1) is 10.1 Å². The van der Waals surface area contributed by atoms with Crippen LogP contribution >= 0.6 is 29.3 Å². The van der Waals surface area contributed by atoms with Crippen LogP contribution in [-0.4, -0.2) is 46.8 Å². The minimum Gasteiger partial charge on any atom is -0.444 e. The summed E-state index contributed by atoms with van der Waals surface area (Å²) < 4.78 is 29.8. The van der Waals surface area contributed by atoms with Crippen molar-refractivity contribution in [2.24, 2.45) is 0 Å². The Morgan fingerprint density at radius 2 is 1.71 bits per heavy atom. The molecule has 0 aliphatic heterocycles. The largest absolute Gasteiger partial charge is 0.458 e. The molecule has 0 fully saturated rings. The molecule has 0 aliphatic carbocycles. The zero-order chi connectivity index (χ0) is 26.5. The van der Waals surface area contributed by atoms with E-state index in [0.717, 1.165) is 6.42 Å². The van der Waals surface area contributed by atoms with Crippen molar-refractivity contribution in [3.05, 3.63) is 34.4 Å². The van der Waals surface area contributed by atoms with Crippen molar-refractivity contribution in [3.63, 3.8) is 0 Å². The van der Waals surface area contributed by atoms with E-state index in [1.165, 1.54) is 24.3 Å². The molecule has 0 saturated carbocycles. The standard InChI is InChI=1S/C22H38N3O7PS2/c1-21(2,3)31-20(26)23-14-8-7-9-16-30-33(29,24-15-17-34-35-22(4,5)6)32-19-12-10-18(11-13-19)25(27)28/h10-13H,7-9,14-17H2,1-6H3,(H,23,26)(H,24,29). The number of alkyl carbamates (subject to hydrolysis) is 1. The SMILES string of the molecule is CC(C)(C)OC(=O)NCCCCCOP(=O)(NCCSSC(C)(C)C)Oc1ccc([N+](=O)[O-])cc1. The Labute approximate surface area is 216 Å². The van der Waals surface area contributed by atoms with Crippen molar-refractivity contribution in [3.8, 4) is 5.75 Å². The average molecular weight is 552 g/mol. The van der Waals surface area contributed by atoms with Crippen LogP contribution in [-0.2, 0) is 13.8 Å². The molecule has 0 radical (unpaired) electrons. The first-order valence-corrected chi connectivity index (χ1v) is 15.3. The molecule has 200 valence electrons. The van der Waals surface area contributed by atoms with Gasteiger partial charge in [-0.1, -0.05) is 42.4 Å². The average Bonchev–Trinajstić information content (AvgIpc) is 2.71. The fourth-order valence-corrected chi connectivity index (χ4v) is 6.10. The number of ether oxygens (including phenoxy) is 1. The molecule has 2 N–H and O–H groups in total. The highest BCUT2D eigenvalue weighted by atomic mass is 33.1. The number of carbonyl (C=O) groups excluding carboxylic acids is 1. The summed E-state index contributed by atoms with van der Waals surface area (Å²) in [5.41, 5.74) is -0.628. The number of amides is 1. The van der Waals surface area contributed by atoms with Crippen LogP contribution in [0.1, 0.15) is 60.8 Å². The van der Waals surface area contributed by atoms with Crippen LogP contribution in [0.4, 0.5) is 10.5 Å². The number of hydrogen-bond donors (Lipinski definition) is 2. The Balaban J connectivity index is 2.52. The maximum Gasteiger partial charge on any atom is 0.458 e. The zero-order valence-corrected chi connectivity index (χ0v) is 23.9. The summed E-state index contributed by atoms with van der Waals surface area (Å²) in [7, 11) is -0.301. The number of unbranched alkanes of at least 4 members (excludes halogenated alkanes) is 2. The Kier molecular flexibility index (Phi) is 13.5. The Morgan fingerprint density at radius 3 is 2.29 bits per heavy atom. The molecule has 1 amide bonds. The van der Waals surface area contributed by atoms with Gasteiger partial charge in [-0.05, 0) is 52.2 Å². The maximum atomic E-state index is 13.3. The lowest BCUT2D eigenvalue weighted by Crippen LogP contribution is -2.33. The molecule has 0 bridgehead atoms. The van der Waals surface area contributed by atoms with Gasteiger partial charge in [0.15, 0.2) is 0 Å². The highest BCUT2D eigenvalue weighted by molar-refractivity contribution is 8.77. The van der Waals surface area contributed by atoms with Crippen molar-refractivity contribution >= 4 is 41.1 Å². The van der Waals surface area contributed by atoms with Gasteiger partial charge in [0, 0.05) is 35.7 Å². The van der Waals surface area contributed by atoms with Gasteiger partial charge in [0.2, 0.25) is 0 Å². The number of nitro groups is 1. The topological polar surface area (TPSA) is 129 Å². The molecule has 1 rings (SSSR count). The molecule has 0 spiro atoms. The number of nitrogens with zero attached hydrogens (tertiary/aromatic N) is 1. The lowest BCUT2D eigenvalue weighted by atomic mass is 10.2. The van der Waals surface area contributed by atoms with E-state index in [0.29, 0.717) is 31.7 Å². The Hall–Kier alpha value is -1.46. The predicted octanol–water partition coefficient (Wildman–Crippen LogP) is 6.56. The van der Waals surface area contributed by atoms with Gasteiger partial charge >= 0.3 is 13.8 Å². The number of non-ortho nitro benzene ring substituents is 1. The number of nitrogens with one attached hydrogen (secondary N) is 2. The molecule has 1 aromatic carbocycles. The van der Waals surface area contributed by atoms with Crippen LogP contribution in [0.2, 0.25) is 0 Å². The van der Waals surface area contributed by atoms with Gasteiger partial charge in [-0.25, -0.2) is 14.4 Å². The second-order valence-electron chi connectivity index (χ2n) is 9.59. The van der Waals surface area contributed by atoms with Crippen LogP contribution in [0.25, 0.3) is 0 Å². The molecule has 35 heavy (non-hydrogen) atoms. The van der Waals surface area contributed by atoms with Crippen LogP contribution < -0.4 is 14.9 Å². The zero-order valence-electron chi connectivity index (χ0n) is 21.3. The summed E-state index contributed by atoms with van der Waals surface area (Å²) in [4.78, 5) is 22.0. The summed E-state index contributed by atoms with van der Waals surface area (Å²) in [5.74, 6) is 0.902. The number of nitro benzene ring substituents is 1. The van der Waals surface area contributed by atoms with Crippen molar-refractivity contribution in [1.82, 2.24) is 10.4 Å². The number of benzene rings is 1. The third-order valence-corrected chi connectivity index (χ3v) is 8.75. The molecule has 10 nitrogen and oxygen atoms in total. The van der Waals surface area contributed by atoms with E-state index in [4.69, 9.17) is 13.8 Å². The van der Waals surface area contributed by atoms with Gasteiger partial charge in [0.25, 0.3) is 5.69 Å². The normalized spacial score (nSPS) is 13.7. The van der Waals surface area contributed by atoms with E-state index in [-0.39, 0.29) is 22.8 Å². The minimum atomic E-state index is -3.69. The molecular formula is C22H38N3O7PS2. The number of carbonyl (C=O) groups is 1. The highest BCUT2D eigenvalue weighted by Crippen LogP contribution is 2.45. The van der Waals surface area contributed by atoms with E-state index < -0.39 is 24.4 Å². The van der Waals surface area contributed by atoms with Gasteiger partial charge in [-0.2, -0.15) is 0 Å². The molecule has 0 aliphatic rings. The van der Waals surface area contributed by atoms with Crippen molar-refractivity contribution in [1.29, 1.82) is 0 Å². The third kappa shape index (κ3) is 16.0. The predicted molar refractivity (Wildman–Crippen MR) is 143 cm³/mol. The molecule has 1 atom stereocenters. The summed E-state index contributed by atoms with van der Waals surface area (Å²) in [6, 6.07) is 5.35. The number of hydrogen-bond acceptors (Lipinski definition) is 9. The smallest absolute Gasteiger partial charge is 0.444 e. The van der Waals surface area contributed by atoms with E-state index >= 15 is 0 Å². The first kappa shape index (κ1) is 31.6. The number of rotatable bonds is 15. The highest BCUT2D eigenvalue weighted by Gasteiger charge is 2.26. The van der Waals surface area contributed by atoms with Gasteiger partial charge in [-0.3, -0.25) is 14.6 Å². The monoisotopic (exact) mass is 551 g/mol. The molecule has 0 aromatic heterocycles. The molecule has 0 saturated heterocycles. The van der Waals surface area contributed by atoms with Crippen LogP contribution in [0.5, 0.6) is 5.75 Å². The van der Waals surface area contributed by atoms with Crippen molar-refractivity contribution in [2.75, 3.05) is 25.4 Å². The summed E-state index contributed by atoms with van der Waals surface area (Å²) in [5, 5.41) is 16.4. The van der Waals surface area contributed by atoms with E-state index in [1.54, 1.807) is 42.4 Å². The van der Waals surface area contributed by atoms with Crippen molar-refractivity contribution in [2.45, 2.75) is 71.2 Å². The van der Waals surface area contributed by atoms with E-state index in [1.807, 2.05) is 0 Å². The maximum absolute atomic E-state index is 13.3. The molecule has 1 unspecified atom stereocenters.